The first kappa shape index (κ1) is 22.8. The Bertz CT molecular complexity index is 699. The number of carbonyl (C=O) groups excluding carboxylic acids is 3. The smallest absolute Gasteiger partial charge is 0.325 e. The Balaban J connectivity index is 1.67. The maximum atomic E-state index is 13.5. The number of allylic oxidation sites excluding steroid dienone is 1. The van der Waals surface area contributed by atoms with Gasteiger partial charge < -0.3 is 15.1 Å². The number of likely N-dealkylation sites (tertiary alicyclic amines) is 2. The van der Waals surface area contributed by atoms with E-state index in [0.29, 0.717) is 32.1 Å². The number of piperidine rings is 1. The second-order valence-corrected chi connectivity index (χ2v) is 9.21. The van der Waals surface area contributed by atoms with Crippen molar-refractivity contribution in [3.63, 3.8) is 0 Å². The molecule has 0 aromatic rings. The number of hydrogen-bond acceptors (Lipinski definition) is 4. The Labute approximate surface area is 180 Å². The van der Waals surface area contributed by atoms with Crippen molar-refractivity contribution in [2.75, 3.05) is 33.2 Å². The van der Waals surface area contributed by atoms with Crippen LogP contribution in [0.5, 0.6) is 0 Å². The van der Waals surface area contributed by atoms with Crippen LogP contribution in [0.2, 0.25) is 0 Å². The molecule has 0 bridgehead atoms. The van der Waals surface area contributed by atoms with Crippen LogP contribution in [-0.2, 0) is 9.59 Å². The van der Waals surface area contributed by atoms with Gasteiger partial charge in [0.05, 0.1) is 0 Å². The van der Waals surface area contributed by atoms with Crippen LogP contribution < -0.4 is 5.32 Å². The molecule has 7 nitrogen and oxygen atoms in total. The standard InChI is InChI=1S/C23H38N4O3/c1-5-12-23(18-9-14-26(15-10-18)20(28)17(3)6-2)21(29)27(22(30)24-23)16-11-19-8-7-13-25(19)4/h6,18-19H,5,7-16H2,1-4H3,(H,24,30)/b17-6+. The number of carbonyl (C=O) groups is 3. The van der Waals surface area contributed by atoms with Crippen molar-refractivity contribution in [2.45, 2.75) is 77.3 Å². The minimum Gasteiger partial charge on any atom is -0.339 e. The molecule has 0 aromatic heterocycles. The highest BCUT2D eigenvalue weighted by atomic mass is 16.2. The Kier molecular flexibility index (Phi) is 7.22. The van der Waals surface area contributed by atoms with Gasteiger partial charge in [-0.1, -0.05) is 19.4 Å². The third-order valence-electron chi connectivity index (χ3n) is 7.45. The van der Waals surface area contributed by atoms with Crippen LogP contribution in [-0.4, -0.2) is 77.4 Å². The van der Waals surface area contributed by atoms with Crippen LogP contribution in [0.25, 0.3) is 0 Å². The summed E-state index contributed by atoms with van der Waals surface area (Å²) < 4.78 is 0. The molecule has 3 rings (SSSR count). The van der Waals surface area contributed by atoms with Gasteiger partial charge >= 0.3 is 6.03 Å². The third-order valence-corrected chi connectivity index (χ3v) is 7.45. The van der Waals surface area contributed by atoms with Crippen LogP contribution >= 0.6 is 0 Å². The molecular formula is C23H38N4O3. The number of urea groups is 1. The van der Waals surface area contributed by atoms with Gasteiger partial charge in [0, 0.05) is 31.2 Å². The highest BCUT2D eigenvalue weighted by Crippen LogP contribution is 2.37. The van der Waals surface area contributed by atoms with Crippen LogP contribution in [0, 0.1) is 5.92 Å². The zero-order valence-electron chi connectivity index (χ0n) is 19.1. The van der Waals surface area contributed by atoms with Crippen molar-refractivity contribution < 1.29 is 14.4 Å². The highest BCUT2D eigenvalue weighted by molar-refractivity contribution is 6.07. The van der Waals surface area contributed by atoms with E-state index in [1.165, 1.54) is 11.3 Å². The second kappa shape index (κ2) is 9.50. The van der Waals surface area contributed by atoms with Gasteiger partial charge in [0.2, 0.25) is 5.91 Å². The summed E-state index contributed by atoms with van der Waals surface area (Å²) in [6.45, 7) is 8.63. The molecule has 1 N–H and O–H groups in total. The lowest BCUT2D eigenvalue weighted by molar-refractivity contribution is -0.135. The highest BCUT2D eigenvalue weighted by Gasteiger charge is 2.55. The first-order chi connectivity index (χ1) is 14.3. The summed E-state index contributed by atoms with van der Waals surface area (Å²) in [5.41, 5.74) is -0.0527. The number of nitrogens with one attached hydrogen (secondary N) is 1. The fourth-order valence-corrected chi connectivity index (χ4v) is 5.46. The van der Waals surface area contributed by atoms with Gasteiger partial charge in [-0.25, -0.2) is 4.79 Å². The zero-order valence-corrected chi connectivity index (χ0v) is 19.1. The Morgan fingerprint density at radius 3 is 2.47 bits per heavy atom. The summed E-state index contributed by atoms with van der Waals surface area (Å²) in [6, 6.07) is 0.216. The van der Waals surface area contributed by atoms with Gasteiger partial charge in [0.25, 0.3) is 5.91 Å². The lowest BCUT2D eigenvalue weighted by Gasteiger charge is -2.41. The number of nitrogens with zero attached hydrogens (tertiary/aromatic N) is 3. The number of imide groups is 1. The first-order valence-electron chi connectivity index (χ1n) is 11.6. The van der Waals surface area contributed by atoms with Gasteiger partial charge in [-0.2, -0.15) is 0 Å². The van der Waals surface area contributed by atoms with Crippen molar-refractivity contribution in [2.24, 2.45) is 5.92 Å². The van der Waals surface area contributed by atoms with E-state index in [1.807, 2.05) is 24.8 Å². The van der Waals surface area contributed by atoms with E-state index in [4.69, 9.17) is 0 Å². The SMILES string of the molecule is C/C=C(\C)C(=O)N1CCC(C2(CCC)NC(=O)N(CCC3CCCN3C)C2=O)CC1. The molecule has 168 valence electrons. The minimum atomic E-state index is -0.807. The molecule has 0 aromatic carbocycles. The zero-order chi connectivity index (χ0) is 21.9. The summed E-state index contributed by atoms with van der Waals surface area (Å²) in [4.78, 5) is 44.5. The Hall–Kier alpha value is -1.89. The van der Waals surface area contributed by atoms with Crippen LogP contribution in [0.1, 0.15) is 65.7 Å². The molecule has 3 saturated heterocycles. The molecule has 3 fully saturated rings. The average Bonchev–Trinajstić information content (AvgIpc) is 3.26. The predicted molar refractivity (Wildman–Crippen MR) is 117 cm³/mol. The molecule has 0 aliphatic carbocycles. The van der Waals surface area contributed by atoms with Crippen LogP contribution in [0.4, 0.5) is 4.79 Å². The molecule has 4 amide bonds. The van der Waals surface area contributed by atoms with Gasteiger partial charge in [-0.05, 0) is 71.9 Å². The molecule has 2 atom stereocenters. The lowest BCUT2D eigenvalue weighted by Crippen LogP contribution is -2.56. The van der Waals surface area contributed by atoms with Gasteiger partial charge in [-0.3, -0.25) is 14.5 Å². The topological polar surface area (TPSA) is 73.0 Å². The molecule has 30 heavy (non-hydrogen) atoms. The summed E-state index contributed by atoms with van der Waals surface area (Å²) in [5.74, 6) is 0.0945. The number of rotatable bonds is 7. The van der Waals surface area contributed by atoms with E-state index in [-0.39, 0.29) is 23.8 Å². The summed E-state index contributed by atoms with van der Waals surface area (Å²) in [7, 11) is 2.12. The molecule has 3 aliphatic rings. The number of amides is 4. The molecule has 0 spiro atoms. The molecular weight excluding hydrogens is 380 g/mol. The summed E-state index contributed by atoms with van der Waals surface area (Å²) in [5, 5.41) is 3.11. The fraction of sp³-hybridized carbons (Fsp3) is 0.783. The van der Waals surface area contributed by atoms with Crippen molar-refractivity contribution >= 4 is 17.8 Å². The van der Waals surface area contributed by atoms with Gasteiger partial charge in [0.1, 0.15) is 5.54 Å². The van der Waals surface area contributed by atoms with E-state index in [0.717, 1.165) is 44.2 Å². The molecule has 3 aliphatic heterocycles. The van der Waals surface area contributed by atoms with Crippen molar-refractivity contribution in [3.8, 4) is 0 Å². The van der Waals surface area contributed by atoms with Crippen LogP contribution in [0.3, 0.4) is 0 Å². The van der Waals surface area contributed by atoms with Gasteiger partial charge in [-0.15, -0.1) is 0 Å². The van der Waals surface area contributed by atoms with E-state index in [1.54, 1.807) is 0 Å². The third kappa shape index (κ3) is 4.27. The normalized spacial score (nSPS) is 29.1. The van der Waals surface area contributed by atoms with Crippen molar-refractivity contribution in [1.82, 2.24) is 20.0 Å². The predicted octanol–water partition coefficient (Wildman–Crippen LogP) is 2.77. The second-order valence-electron chi connectivity index (χ2n) is 9.21. The first-order valence-corrected chi connectivity index (χ1v) is 11.6. The van der Waals surface area contributed by atoms with Crippen molar-refractivity contribution in [3.05, 3.63) is 11.6 Å². The molecule has 3 heterocycles. The van der Waals surface area contributed by atoms with E-state index in [2.05, 4.69) is 24.2 Å². The van der Waals surface area contributed by atoms with Crippen LogP contribution in [0.15, 0.2) is 11.6 Å². The quantitative estimate of drug-likeness (QED) is 0.510. The molecule has 0 saturated carbocycles. The Morgan fingerprint density at radius 1 is 1.20 bits per heavy atom. The monoisotopic (exact) mass is 418 g/mol. The summed E-state index contributed by atoms with van der Waals surface area (Å²) in [6.07, 6.45) is 7.98. The van der Waals surface area contributed by atoms with E-state index >= 15 is 0 Å². The molecule has 0 radical (unpaired) electrons. The van der Waals surface area contributed by atoms with Crippen molar-refractivity contribution in [1.29, 1.82) is 0 Å². The molecule has 7 heteroatoms. The fourth-order valence-electron chi connectivity index (χ4n) is 5.46. The largest absolute Gasteiger partial charge is 0.339 e. The Morgan fingerprint density at radius 2 is 1.90 bits per heavy atom. The average molecular weight is 419 g/mol. The van der Waals surface area contributed by atoms with E-state index < -0.39 is 5.54 Å². The van der Waals surface area contributed by atoms with E-state index in [9.17, 15) is 14.4 Å². The maximum absolute atomic E-state index is 13.5. The van der Waals surface area contributed by atoms with Gasteiger partial charge in [0.15, 0.2) is 0 Å². The molecule has 2 unspecified atom stereocenters. The maximum Gasteiger partial charge on any atom is 0.325 e. The number of hydrogen-bond donors (Lipinski definition) is 1. The lowest BCUT2D eigenvalue weighted by atomic mass is 9.74. The minimum absolute atomic E-state index is 0.0515. The summed E-state index contributed by atoms with van der Waals surface area (Å²) >= 11 is 0.